The van der Waals surface area contributed by atoms with E-state index in [1.54, 1.807) is 6.20 Å². The molecule has 2 aromatic heterocycles. The van der Waals surface area contributed by atoms with E-state index >= 15 is 0 Å². The number of benzene rings is 2. The molecule has 0 spiro atoms. The topological polar surface area (TPSA) is 105 Å². The van der Waals surface area contributed by atoms with Crippen molar-refractivity contribution in [1.82, 2.24) is 9.55 Å². The number of H-pyrrole nitrogens is 1. The van der Waals surface area contributed by atoms with Crippen molar-refractivity contribution >= 4 is 18.1 Å². The standard InChI is InChI=1S/C28H24N2O5/c1-15-4-8-21-18(10-15)5-6-19-11-16(2)17(3)12-22(19)25(21)23-14-30(28(34)29-26(23)31)13-20-7-9-24(35-20)27(32)33/h4-12,14,25H,13H2,1-3H3,(H,32,33)(H,29,31,34). The van der Waals surface area contributed by atoms with E-state index in [0.717, 1.165) is 38.9 Å². The number of aromatic carboxylic acids is 1. The predicted molar refractivity (Wildman–Crippen MR) is 133 cm³/mol. The molecule has 176 valence electrons. The number of aromatic amines is 1. The minimum atomic E-state index is -1.19. The molecule has 1 atom stereocenters. The number of rotatable bonds is 4. The fourth-order valence-corrected chi connectivity index (χ4v) is 4.63. The van der Waals surface area contributed by atoms with Gasteiger partial charge < -0.3 is 9.52 Å². The lowest BCUT2D eigenvalue weighted by molar-refractivity contribution is 0.0660. The van der Waals surface area contributed by atoms with Crippen molar-refractivity contribution in [3.8, 4) is 0 Å². The van der Waals surface area contributed by atoms with Gasteiger partial charge in [0, 0.05) is 17.7 Å². The van der Waals surface area contributed by atoms with E-state index in [-0.39, 0.29) is 12.3 Å². The summed E-state index contributed by atoms with van der Waals surface area (Å²) in [5.41, 5.74) is 6.72. The Balaban J connectivity index is 1.71. The fourth-order valence-electron chi connectivity index (χ4n) is 4.63. The van der Waals surface area contributed by atoms with Gasteiger partial charge in [-0.2, -0.15) is 0 Å². The first-order valence-corrected chi connectivity index (χ1v) is 11.3. The number of nitrogens with one attached hydrogen (secondary N) is 1. The van der Waals surface area contributed by atoms with Crippen LogP contribution in [0.25, 0.3) is 12.2 Å². The van der Waals surface area contributed by atoms with Crippen LogP contribution in [0.2, 0.25) is 0 Å². The lowest BCUT2D eigenvalue weighted by atomic mass is 9.82. The Hall–Kier alpha value is -4.39. The minimum absolute atomic E-state index is 0.0125. The largest absolute Gasteiger partial charge is 0.475 e. The number of nitrogens with zero attached hydrogens (tertiary/aromatic N) is 1. The molecule has 0 radical (unpaired) electrons. The van der Waals surface area contributed by atoms with Crippen molar-refractivity contribution in [2.45, 2.75) is 33.2 Å². The van der Waals surface area contributed by atoms with Gasteiger partial charge in [0.1, 0.15) is 5.76 Å². The van der Waals surface area contributed by atoms with E-state index in [0.29, 0.717) is 11.3 Å². The van der Waals surface area contributed by atoms with Gasteiger partial charge in [-0.05, 0) is 66.3 Å². The average molecular weight is 469 g/mol. The Morgan fingerprint density at radius 1 is 0.943 bits per heavy atom. The quantitative estimate of drug-likeness (QED) is 0.405. The van der Waals surface area contributed by atoms with Crippen LogP contribution in [0.1, 0.15) is 66.7 Å². The monoisotopic (exact) mass is 468 g/mol. The summed E-state index contributed by atoms with van der Waals surface area (Å²) >= 11 is 0. The highest BCUT2D eigenvalue weighted by Crippen LogP contribution is 2.39. The lowest BCUT2D eigenvalue weighted by Crippen LogP contribution is -2.33. The van der Waals surface area contributed by atoms with Gasteiger partial charge in [0.2, 0.25) is 5.76 Å². The molecule has 0 amide bonds. The van der Waals surface area contributed by atoms with Crippen molar-refractivity contribution < 1.29 is 14.3 Å². The van der Waals surface area contributed by atoms with Gasteiger partial charge in [0.25, 0.3) is 5.56 Å². The number of hydrogen-bond acceptors (Lipinski definition) is 4. The summed E-state index contributed by atoms with van der Waals surface area (Å²) in [5, 5.41) is 9.13. The van der Waals surface area contributed by atoms with Crippen molar-refractivity contribution in [1.29, 1.82) is 0 Å². The zero-order valence-corrected chi connectivity index (χ0v) is 19.6. The van der Waals surface area contributed by atoms with Gasteiger partial charge in [-0.15, -0.1) is 0 Å². The summed E-state index contributed by atoms with van der Waals surface area (Å²) in [4.78, 5) is 39.5. The normalized spacial score (nSPS) is 14.3. The molecule has 1 aliphatic rings. The number of furan rings is 1. The highest BCUT2D eigenvalue weighted by Gasteiger charge is 2.27. The third-order valence-corrected chi connectivity index (χ3v) is 6.55. The number of fused-ring (bicyclic) bond motifs is 2. The van der Waals surface area contributed by atoms with Crippen LogP contribution in [-0.4, -0.2) is 20.6 Å². The molecule has 7 heteroatoms. The van der Waals surface area contributed by atoms with Gasteiger partial charge in [0.15, 0.2) is 0 Å². The third kappa shape index (κ3) is 4.05. The summed E-state index contributed by atoms with van der Waals surface area (Å²) in [6.45, 7) is 6.11. The highest BCUT2D eigenvalue weighted by atomic mass is 16.4. The molecular formula is C28H24N2O5. The number of carboxylic acids is 1. The van der Waals surface area contributed by atoms with E-state index in [9.17, 15) is 14.4 Å². The van der Waals surface area contributed by atoms with Gasteiger partial charge in [0.05, 0.1) is 6.54 Å². The van der Waals surface area contributed by atoms with E-state index in [1.807, 2.05) is 26.0 Å². The van der Waals surface area contributed by atoms with Crippen LogP contribution in [-0.2, 0) is 6.54 Å². The Labute approximate surface area is 201 Å². The van der Waals surface area contributed by atoms with Crippen molar-refractivity contribution in [2.24, 2.45) is 0 Å². The van der Waals surface area contributed by atoms with Crippen LogP contribution < -0.4 is 11.2 Å². The first-order valence-electron chi connectivity index (χ1n) is 11.3. The van der Waals surface area contributed by atoms with Crippen LogP contribution in [0, 0.1) is 20.8 Å². The first-order chi connectivity index (χ1) is 16.7. The van der Waals surface area contributed by atoms with E-state index in [4.69, 9.17) is 9.52 Å². The van der Waals surface area contributed by atoms with E-state index < -0.39 is 23.1 Å². The van der Waals surface area contributed by atoms with E-state index in [1.165, 1.54) is 16.7 Å². The molecular weight excluding hydrogens is 444 g/mol. The summed E-state index contributed by atoms with van der Waals surface area (Å²) < 4.78 is 6.67. The Morgan fingerprint density at radius 3 is 2.37 bits per heavy atom. The van der Waals surface area contributed by atoms with Crippen LogP contribution in [0.5, 0.6) is 0 Å². The molecule has 5 rings (SSSR count). The van der Waals surface area contributed by atoms with Crippen LogP contribution in [0.3, 0.4) is 0 Å². The smallest absolute Gasteiger partial charge is 0.371 e. The molecule has 1 unspecified atom stereocenters. The maximum Gasteiger partial charge on any atom is 0.371 e. The number of carbonyl (C=O) groups is 1. The molecule has 2 aromatic carbocycles. The zero-order valence-electron chi connectivity index (χ0n) is 19.6. The minimum Gasteiger partial charge on any atom is -0.475 e. The Bertz CT molecular complexity index is 1630. The molecule has 0 aliphatic heterocycles. The Morgan fingerprint density at radius 2 is 1.66 bits per heavy atom. The van der Waals surface area contributed by atoms with Crippen molar-refractivity contribution in [3.63, 3.8) is 0 Å². The second-order valence-electron chi connectivity index (χ2n) is 9.01. The summed E-state index contributed by atoms with van der Waals surface area (Å²) in [6, 6.07) is 13.2. The van der Waals surface area contributed by atoms with Gasteiger partial charge in [-0.1, -0.05) is 48.0 Å². The number of aryl methyl sites for hydroxylation is 3. The number of aromatic nitrogens is 2. The third-order valence-electron chi connectivity index (χ3n) is 6.55. The summed E-state index contributed by atoms with van der Waals surface area (Å²) in [5.74, 6) is -1.51. The first kappa shape index (κ1) is 22.4. The summed E-state index contributed by atoms with van der Waals surface area (Å²) in [6.07, 6.45) is 5.69. The zero-order chi connectivity index (χ0) is 24.9. The van der Waals surface area contributed by atoms with Gasteiger partial charge in [-0.3, -0.25) is 14.3 Å². The molecule has 2 heterocycles. The second-order valence-corrected chi connectivity index (χ2v) is 9.01. The predicted octanol–water partition coefficient (Wildman–Crippen LogP) is 4.47. The van der Waals surface area contributed by atoms with Crippen LogP contribution >= 0.6 is 0 Å². The summed E-state index contributed by atoms with van der Waals surface area (Å²) in [7, 11) is 0. The van der Waals surface area contributed by atoms with Crippen molar-refractivity contribution in [2.75, 3.05) is 0 Å². The highest BCUT2D eigenvalue weighted by molar-refractivity contribution is 5.84. The Kier molecular flexibility index (Phi) is 5.40. The molecule has 7 nitrogen and oxygen atoms in total. The SMILES string of the molecule is Cc1ccc2c(c1)C=Cc1cc(C)c(C)cc1C2c1cn(Cc2ccc(C(=O)O)o2)c(=O)[nH]c1=O. The van der Waals surface area contributed by atoms with Crippen LogP contribution in [0.15, 0.2) is 62.7 Å². The fraction of sp³-hybridized carbons (Fsp3) is 0.179. The molecule has 1 aliphatic carbocycles. The molecule has 2 N–H and O–H groups in total. The van der Waals surface area contributed by atoms with Gasteiger partial charge in [-0.25, -0.2) is 9.59 Å². The number of carboxylic acid groups (broad SMARTS) is 1. The molecule has 0 bridgehead atoms. The van der Waals surface area contributed by atoms with Gasteiger partial charge >= 0.3 is 11.7 Å². The van der Waals surface area contributed by atoms with E-state index in [2.05, 4.69) is 42.3 Å². The molecule has 0 fully saturated rings. The van der Waals surface area contributed by atoms with Crippen LogP contribution in [0.4, 0.5) is 0 Å². The maximum absolute atomic E-state index is 13.2. The average Bonchev–Trinajstić information content (AvgIpc) is 3.22. The molecule has 0 saturated heterocycles. The molecule has 4 aromatic rings. The van der Waals surface area contributed by atoms with Crippen molar-refractivity contribution in [3.05, 3.63) is 126 Å². The number of hydrogen-bond donors (Lipinski definition) is 2. The second kappa shape index (κ2) is 8.43. The molecule has 0 saturated carbocycles. The molecule has 35 heavy (non-hydrogen) atoms. The maximum atomic E-state index is 13.2. The lowest BCUT2D eigenvalue weighted by Gasteiger charge is -2.22.